The van der Waals surface area contributed by atoms with E-state index in [1.165, 1.54) is 0 Å². The van der Waals surface area contributed by atoms with Gasteiger partial charge in [-0.05, 0) is 43.4 Å². The molecule has 0 aliphatic carbocycles. The molecule has 0 atom stereocenters. The molecule has 36 heavy (non-hydrogen) atoms. The third-order valence-electron chi connectivity index (χ3n) is 6.87. The Labute approximate surface area is 211 Å². The van der Waals surface area contributed by atoms with Gasteiger partial charge in [-0.15, -0.1) is 0 Å². The van der Waals surface area contributed by atoms with E-state index in [1.54, 1.807) is 13.1 Å². The predicted molar refractivity (Wildman–Crippen MR) is 141 cm³/mol. The summed E-state index contributed by atoms with van der Waals surface area (Å²) in [7, 11) is 0. The van der Waals surface area contributed by atoms with E-state index in [4.69, 9.17) is 14.9 Å². The van der Waals surface area contributed by atoms with E-state index in [0.717, 1.165) is 60.2 Å². The summed E-state index contributed by atoms with van der Waals surface area (Å²) in [6, 6.07) is 10.2. The van der Waals surface area contributed by atoms with Crippen LogP contribution in [0.4, 0.5) is 5.82 Å². The maximum Gasteiger partial charge on any atom is 0.219 e. The van der Waals surface area contributed by atoms with Gasteiger partial charge in [0.15, 0.2) is 11.4 Å². The summed E-state index contributed by atoms with van der Waals surface area (Å²) in [4.78, 5) is 17.9. The molecule has 1 fully saturated rings. The molecule has 0 spiro atoms. The minimum atomic E-state index is 0.133. The number of nitrogen functional groups attached to an aromatic ring is 1. The molecule has 1 aliphatic rings. The van der Waals surface area contributed by atoms with Gasteiger partial charge in [-0.3, -0.25) is 9.48 Å². The fraction of sp³-hybridized carbons (Fsp3) is 0.393. The minimum absolute atomic E-state index is 0.133. The normalized spacial score (nSPS) is 14.6. The first kappa shape index (κ1) is 23.9. The molecule has 4 aromatic rings. The highest BCUT2D eigenvalue weighted by Crippen LogP contribution is 2.37. The Morgan fingerprint density at radius 2 is 2.00 bits per heavy atom. The zero-order valence-corrected chi connectivity index (χ0v) is 21.1. The van der Waals surface area contributed by atoms with Crippen LogP contribution in [0.5, 0.6) is 5.75 Å². The Hall–Kier alpha value is -3.81. The van der Waals surface area contributed by atoms with Gasteiger partial charge in [-0.2, -0.15) is 5.10 Å². The van der Waals surface area contributed by atoms with Crippen LogP contribution < -0.4 is 10.5 Å². The van der Waals surface area contributed by atoms with E-state index in [-0.39, 0.29) is 11.9 Å². The van der Waals surface area contributed by atoms with Crippen LogP contribution in [-0.2, 0) is 4.79 Å². The number of pyridine rings is 1. The van der Waals surface area contributed by atoms with Crippen molar-refractivity contribution in [2.24, 2.45) is 5.92 Å². The minimum Gasteiger partial charge on any atom is -0.494 e. The number of piperidine rings is 1. The molecule has 0 unspecified atom stereocenters. The standard InChI is InChI=1S/C28H33N5O3/c1-18(2)9-12-35-23-6-4-5-20(13-23)26-14-24-25(16-30-28(29)27(24)36-26)21-15-31-33(17-21)22-7-10-32(11-8-22)19(3)34/h4-6,13-18,22H,7-12H2,1-3H3,(H2,29,30). The largest absolute Gasteiger partial charge is 0.494 e. The van der Waals surface area contributed by atoms with Crippen molar-refractivity contribution in [1.29, 1.82) is 0 Å². The Kier molecular flexibility index (Phi) is 6.67. The molecule has 5 rings (SSSR count). The highest BCUT2D eigenvalue weighted by molar-refractivity contribution is 6.00. The quantitative estimate of drug-likeness (QED) is 0.367. The number of aromatic nitrogens is 3. The maximum atomic E-state index is 11.6. The Morgan fingerprint density at radius 1 is 1.19 bits per heavy atom. The third-order valence-corrected chi connectivity index (χ3v) is 6.87. The predicted octanol–water partition coefficient (Wildman–Crippen LogP) is 5.55. The van der Waals surface area contributed by atoms with Crippen molar-refractivity contribution in [3.63, 3.8) is 0 Å². The van der Waals surface area contributed by atoms with Crippen molar-refractivity contribution in [2.45, 2.75) is 46.1 Å². The Morgan fingerprint density at radius 3 is 2.75 bits per heavy atom. The summed E-state index contributed by atoms with van der Waals surface area (Å²) in [5.74, 6) is 2.61. The molecule has 1 aromatic carbocycles. The number of nitrogens with two attached hydrogens (primary N) is 1. The monoisotopic (exact) mass is 487 g/mol. The fourth-order valence-electron chi connectivity index (χ4n) is 4.69. The van der Waals surface area contributed by atoms with Gasteiger partial charge in [0.25, 0.3) is 0 Å². The van der Waals surface area contributed by atoms with Crippen LogP contribution in [-0.4, -0.2) is 45.3 Å². The van der Waals surface area contributed by atoms with Crippen LogP contribution in [0.3, 0.4) is 0 Å². The van der Waals surface area contributed by atoms with Crippen LogP contribution in [0.25, 0.3) is 33.4 Å². The molecule has 2 N–H and O–H groups in total. The summed E-state index contributed by atoms with van der Waals surface area (Å²) in [5.41, 5.74) is 9.56. The van der Waals surface area contributed by atoms with E-state index in [0.29, 0.717) is 29.7 Å². The van der Waals surface area contributed by atoms with Crippen molar-refractivity contribution in [3.05, 3.63) is 48.9 Å². The number of benzene rings is 1. The van der Waals surface area contributed by atoms with Gasteiger partial charge in [0, 0.05) is 54.5 Å². The second-order valence-corrected chi connectivity index (χ2v) is 9.92. The molecular weight excluding hydrogens is 454 g/mol. The number of nitrogens with zero attached hydrogens (tertiary/aromatic N) is 4. The molecule has 188 valence electrons. The highest BCUT2D eigenvalue weighted by Gasteiger charge is 2.23. The molecule has 0 saturated carbocycles. The van der Waals surface area contributed by atoms with Crippen LogP contribution in [0.2, 0.25) is 0 Å². The van der Waals surface area contributed by atoms with Crippen molar-refractivity contribution in [3.8, 4) is 28.2 Å². The smallest absolute Gasteiger partial charge is 0.219 e. The first-order chi connectivity index (χ1) is 17.4. The first-order valence-electron chi connectivity index (χ1n) is 12.6. The third kappa shape index (κ3) is 4.94. The number of rotatable bonds is 7. The number of ether oxygens (including phenoxy) is 1. The molecule has 0 bridgehead atoms. The van der Waals surface area contributed by atoms with Gasteiger partial charge in [-0.1, -0.05) is 26.0 Å². The van der Waals surface area contributed by atoms with Crippen LogP contribution in [0.15, 0.2) is 53.3 Å². The zero-order valence-electron chi connectivity index (χ0n) is 21.1. The van der Waals surface area contributed by atoms with Crippen molar-refractivity contribution < 1.29 is 13.9 Å². The van der Waals surface area contributed by atoms with E-state index in [1.807, 2.05) is 46.1 Å². The number of carbonyl (C=O) groups is 1. The summed E-state index contributed by atoms with van der Waals surface area (Å²) in [6.07, 6.45) is 8.48. The number of anilines is 1. The van der Waals surface area contributed by atoms with Gasteiger partial charge < -0.3 is 19.8 Å². The molecule has 8 nitrogen and oxygen atoms in total. The number of carbonyl (C=O) groups excluding carboxylic acids is 1. The van der Waals surface area contributed by atoms with Crippen LogP contribution in [0.1, 0.15) is 46.1 Å². The molecule has 0 radical (unpaired) electrons. The van der Waals surface area contributed by atoms with Gasteiger partial charge in [0.05, 0.1) is 18.8 Å². The number of furan rings is 1. The number of hydrogen-bond acceptors (Lipinski definition) is 6. The van der Waals surface area contributed by atoms with Gasteiger partial charge in [-0.25, -0.2) is 4.98 Å². The average Bonchev–Trinajstić information content (AvgIpc) is 3.53. The maximum absolute atomic E-state index is 11.6. The Bertz CT molecular complexity index is 1360. The van der Waals surface area contributed by atoms with E-state index < -0.39 is 0 Å². The number of hydrogen-bond donors (Lipinski definition) is 1. The average molecular weight is 488 g/mol. The zero-order chi connectivity index (χ0) is 25.2. The lowest BCUT2D eigenvalue weighted by molar-refractivity contribution is -0.130. The molecule has 8 heteroatoms. The van der Waals surface area contributed by atoms with Crippen molar-refractivity contribution >= 4 is 22.7 Å². The lowest BCUT2D eigenvalue weighted by Crippen LogP contribution is -2.37. The summed E-state index contributed by atoms with van der Waals surface area (Å²) in [5, 5.41) is 5.54. The summed E-state index contributed by atoms with van der Waals surface area (Å²) >= 11 is 0. The van der Waals surface area contributed by atoms with Crippen molar-refractivity contribution in [1.82, 2.24) is 19.7 Å². The van der Waals surface area contributed by atoms with Gasteiger partial charge in [0.2, 0.25) is 5.91 Å². The summed E-state index contributed by atoms with van der Waals surface area (Å²) in [6.45, 7) is 8.19. The van der Waals surface area contributed by atoms with E-state index in [9.17, 15) is 4.79 Å². The summed E-state index contributed by atoms with van der Waals surface area (Å²) < 4.78 is 14.1. The van der Waals surface area contributed by atoms with Gasteiger partial charge in [0.1, 0.15) is 11.5 Å². The Balaban J connectivity index is 1.41. The van der Waals surface area contributed by atoms with Crippen LogP contribution in [0, 0.1) is 5.92 Å². The van der Waals surface area contributed by atoms with Crippen LogP contribution >= 0.6 is 0 Å². The lowest BCUT2D eigenvalue weighted by Gasteiger charge is -2.31. The number of amides is 1. The fourth-order valence-corrected chi connectivity index (χ4v) is 4.69. The molecule has 4 heterocycles. The highest BCUT2D eigenvalue weighted by atomic mass is 16.5. The number of fused-ring (bicyclic) bond motifs is 1. The lowest BCUT2D eigenvalue weighted by atomic mass is 10.0. The second-order valence-electron chi connectivity index (χ2n) is 9.92. The number of likely N-dealkylation sites (tertiary alicyclic amines) is 1. The molecule has 1 saturated heterocycles. The SMILES string of the molecule is CC(=O)N1CCC(n2cc(-c3cnc(N)c4oc(-c5cccc(OCCC(C)C)c5)cc34)cn2)CC1. The molecular formula is C28H33N5O3. The van der Waals surface area contributed by atoms with Gasteiger partial charge >= 0.3 is 0 Å². The van der Waals surface area contributed by atoms with E-state index >= 15 is 0 Å². The topological polar surface area (TPSA) is 99.4 Å². The molecule has 1 amide bonds. The first-order valence-corrected chi connectivity index (χ1v) is 12.6. The van der Waals surface area contributed by atoms with Crippen molar-refractivity contribution in [2.75, 3.05) is 25.4 Å². The second kappa shape index (κ2) is 10.0. The van der Waals surface area contributed by atoms with E-state index in [2.05, 4.69) is 30.1 Å². The molecule has 3 aromatic heterocycles. The molecule has 1 aliphatic heterocycles.